The Kier molecular flexibility index (Phi) is 8.93. The van der Waals surface area contributed by atoms with Gasteiger partial charge in [-0.25, -0.2) is 0 Å². The van der Waals surface area contributed by atoms with Crippen molar-refractivity contribution in [2.45, 2.75) is 36.3 Å². The highest BCUT2D eigenvalue weighted by atomic mass is 79.9. The summed E-state index contributed by atoms with van der Waals surface area (Å²) in [6.45, 7) is 4.24. The molecule has 0 unspecified atom stereocenters. The van der Waals surface area contributed by atoms with Crippen molar-refractivity contribution in [2.75, 3.05) is 13.2 Å². The van der Waals surface area contributed by atoms with Crippen LogP contribution in [0, 0.1) is 0 Å². The minimum Gasteiger partial charge on any atom is -0.466 e. The highest BCUT2D eigenvalue weighted by molar-refractivity contribution is 9.12. The third kappa shape index (κ3) is 7.22. The molecule has 0 aromatic heterocycles. The third-order valence-corrected chi connectivity index (χ3v) is 4.36. The Bertz CT molecular complexity index is 209. The lowest BCUT2D eigenvalue weighted by Crippen LogP contribution is -2.23. The zero-order valence-corrected chi connectivity index (χ0v) is 12.5. The molecule has 0 aliphatic heterocycles. The molecule has 0 aliphatic rings. The van der Waals surface area contributed by atoms with Crippen LogP contribution in [0.25, 0.3) is 0 Å². The van der Waals surface area contributed by atoms with Crippen molar-refractivity contribution in [1.82, 2.24) is 0 Å². The van der Waals surface area contributed by atoms with E-state index in [2.05, 4.69) is 31.9 Å². The van der Waals surface area contributed by atoms with Crippen molar-refractivity contribution >= 4 is 43.8 Å². The summed E-state index contributed by atoms with van der Waals surface area (Å²) >= 11 is 6.68. The van der Waals surface area contributed by atoms with E-state index >= 15 is 0 Å². The van der Waals surface area contributed by atoms with E-state index in [0.717, 1.165) is 0 Å². The summed E-state index contributed by atoms with van der Waals surface area (Å²) in [5.41, 5.74) is 0. The molecule has 0 amide bonds. The second kappa shape index (κ2) is 8.98. The van der Waals surface area contributed by atoms with Crippen LogP contribution in [0.2, 0.25) is 0 Å². The molecule has 0 heterocycles. The fourth-order valence-corrected chi connectivity index (χ4v) is 1.92. The van der Waals surface area contributed by atoms with E-state index in [4.69, 9.17) is 9.47 Å². The maximum absolute atomic E-state index is 11.2. The molecule has 0 spiro atoms. The number of rotatable bonds is 7. The van der Waals surface area contributed by atoms with Gasteiger partial charge in [-0.15, -0.1) is 0 Å². The van der Waals surface area contributed by atoms with Crippen molar-refractivity contribution in [3.05, 3.63) is 0 Å². The minimum atomic E-state index is -0.280. The van der Waals surface area contributed by atoms with Crippen LogP contribution < -0.4 is 0 Å². The monoisotopic (exact) mass is 358 g/mol. The van der Waals surface area contributed by atoms with Crippen molar-refractivity contribution in [2.24, 2.45) is 0 Å². The maximum Gasteiger partial charge on any atom is 0.306 e. The van der Waals surface area contributed by atoms with Crippen LogP contribution in [-0.4, -0.2) is 34.8 Å². The molecule has 0 N–H and O–H groups in total. The molecule has 0 saturated heterocycles. The lowest BCUT2D eigenvalue weighted by molar-refractivity contribution is -0.145. The normalized spacial score (nSPS) is 14.0. The largest absolute Gasteiger partial charge is 0.466 e. The van der Waals surface area contributed by atoms with Gasteiger partial charge in [-0.1, -0.05) is 31.9 Å². The minimum absolute atomic E-state index is 0.143. The first-order valence-electron chi connectivity index (χ1n) is 5.10. The van der Waals surface area contributed by atoms with E-state index in [1.807, 2.05) is 0 Å². The van der Waals surface area contributed by atoms with Gasteiger partial charge in [0.2, 0.25) is 0 Å². The fourth-order valence-electron chi connectivity index (χ4n) is 1.01. The Morgan fingerprint density at radius 2 is 1.25 bits per heavy atom. The summed E-state index contributed by atoms with van der Waals surface area (Å²) in [6.07, 6.45) is 0.451. The van der Waals surface area contributed by atoms with E-state index < -0.39 is 0 Å². The SMILES string of the molecule is CCOC(=O)C[C@H](Br)[C@@H](Br)CC(=O)OCC. The first-order chi connectivity index (χ1) is 7.51. The van der Waals surface area contributed by atoms with E-state index in [9.17, 15) is 9.59 Å². The van der Waals surface area contributed by atoms with Crippen LogP contribution >= 0.6 is 31.9 Å². The molecule has 0 aromatic rings. The van der Waals surface area contributed by atoms with Crippen LogP contribution in [0.3, 0.4) is 0 Å². The number of ether oxygens (including phenoxy) is 2. The first kappa shape index (κ1) is 15.9. The van der Waals surface area contributed by atoms with Crippen LogP contribution in [0.1, 0.15) is 26.7 Å². The van der Waals surface area contributed by atoms with Crippen molar-refractivity contribution in [3.63, 3.8) is 0 Å². The van der Waals surface area contributed by atoms with Crippen molar-refractivity contribution in [1.29, 1.82) is 0 Å². The standard InChI is InChI=1S/C10H16Br2O4/c1-3-15-9(13)5-7(11)8(12)6-10(14)16-4-2/h7-8H,3-6H2,1-2H3/t7-,8-/m0/s1. The number of hydrogen-bond donors (Lipinski definition) is 0. The molecule has 4 nitrogen and oxygen atoms in total. The van der Waals surface area contributed by atoms with E-state index in [1.165, 1.54) is 0 Å². The molecule has 2 atom stereocenters. The van der Waals surface area contributed by atoms with E-state index in [0.29, 0.717) is 13.2 Å². The Morgan fingerprint density at radius 1 is 0.938 bits per heavy atom. The van der Waals surface area contributed by atoms with Crippen molar-refractivity contribution in [3.8, 4) is 0 Å². The first-order valence-corrected chi connectivity index (χ1v) is 6.93. The summed E-state index contributed by atoms with van der Waals surface area (Å²) in [5.74, 6) is -0.560. The second-order valence-corrected chi connectivity index (χ2v) is 5.40. The van der Waals surface area contributed by atoms with Crippen LogP contribution in [-0.2, 0) is 19.1 Å². The van der Waals surface area contributed by atoms with Gasteiger partial charge in [0, 0.05) is 9.65 Å². The van der Waals surface area contributed by atoms with Gasteiger partial charge in [-0.2, -0.15) is 0 Å². The summed E-state index contributed by atoms with van der Waals surface area (Å²) in [5, 5.41) is 0. The Balaban J connectivity index is 3.93. The summed E-state index contributed by atoms with van der Waals surface area (Å²) in [7, 11) is 0. The Hall–Kier alpha value is -0.100. The topological polar surface area (TPSA) is 52.6 Å². The third-order valence-electron chi connectivity index (χ3n) is 1.73. The number of carbonyl (C=O) groups is 2. The molecule has 0 aromatic carbocycles. The molecule has 0 fully saturated rings. The molecule has 6 heteroatoms. The average Bonchev–Trinajstić information content (AvgIpc) is 2.17. The molecule has 0 aliphatic carbocycles. The summed E-state index contributed by atoms with van der Waals surface area (Å²) < 4.78 is 9.62. The molecular formula is C10H16Br2O4. The number of hydrogen-bond acceptors (Lipinski definition) is 4. The number of alkyl halides is 2. The van der Waals surface area contributed by atoms with Gasteiger partial charge in [-0.05, 0) is 13.8 Å². The molecule has 94 valence electrons. The van der Waals surface area contributed by atoms with Gasteiger partial charge >= 0.3 is 11.9 Å². The van der Waals surface area contributed by atoms with Gasteiger partial charge in [0.05, 0.1) is 26.1 Å². The lowest BCUT2D eigenvalue weighted by Gasteiger charge is -2.15. The van der Waals surface area contributed by atoms with Gasteiger partial charge < -0.3 is 9.47 Å². The second-order valence-electron chi connectivity index (χ2n) is 3.05. The highest BCUT2D eigenvalue weighted by Gasteiger charge is 2.22. The van der Waals surface area contributed by atoms with Gasteiger partial charge in [0.25, 0.3) is 0 Å². The lowest BCUT2D eigenvalue weighted by atomic mass is 10.2. The highest BCUT2D eigenvalue weighted by Crippen LogP contribution is 2.21. The molecule has 0 bridgehead atoms. The van der Waals surface area contributed by atoms with E-state index in [1.54, 1.807) is 13.8 Å². The van der Waals surface area contributed by atoms with Crippen LogP contribution in [0.15, 0.2) is 0 Å². The zero-order valence-electron chi connectivity index (χ0n) is 9.37. The summed E-state index contributed by atoms with van der Waals surface area (Å²) in [6, 6.07) is 0. The number of carbonyl (C=O) groups excluding carboxylic acids is 2. The Morgan fingerprint density at radius 3 is 1.50 bits per heavy atom. The zero-order chi connectivity index (χ0) is 12.6. The molecule has 0 rings (SSSR count). The summed E-state index contributed by atoms with van der Waals surface area (Å²) in [4.78, 5) is 22.1. The van der Waals surface area contributed by atoms with Gasteiger partial charge in [0.15, 0.2) is 0 Å². The number of esters is 2. The maximum atomic E-state index is 11.2. The van der Waals surface area contributed by atoms with Crippen LogP contribution in [0.4, 0.5) is 0 Å². The Labute approximate surface area is 112 Å². The smallest absolute Gasteiger partial charge is 0.306 e. The van der Waals surface area contributed by atoms with Crippen LogP contribution in [0.5, 0.6) is 0 Å². The van der Waals surface area contributed by atoms with E-state index in [-0.39, 0.29) is 34.4 Å². The predicted octanol–water partition coefficient (Wildman–Crippen LogP) is 2.42. The molecule has 0 saturated carbocycles. The molecular weight excluding hydrogens is 344 g/mol. The fraction of sp³-hybridized carbons (Fsp3) is 0.800. The number of halogens is 2. The predicted molar refractivity (Wildman–Crippen MR) is 67.9 cm³/mol. The molecule has 16 heavy (non-hydrogen) atoms. The van der Waals surface area contributed by atoms with Gasteiger partial charge in [-0.3, -0.25) is 9.59 Å². The quantitative estimate of drug-likeness (QED) is 0.517. The average molecular weight is 360 g/mol. The van der Waals surface area contributed by atoms with Crippen molar-refractivity contribution < 1.29 is 19.1 Å². The molecule has 0 radical (unpaired) electrons. The van der Waals surface area contributed by atoms with Gasteiger partial charge in [0.1, 0.15) is 0 Å².